The van der Waals surface area contributed by atoms with Gasteiger partial charge in [-0.15, -0.1) is 0 Å². The topological polar surface area (TPSA) is 59.9 Å². The predicted octanol–water partition coefficient (Wildman–Crippen LogP) is 4.33. The van der Waals surface area contributed by atoms with E-state index in [-0.39, 0.29) is 10.6 Å². The molecule has 25 heavy (non-hydrogen) atoms. The molecule has 0 aliphatic rings. The summed E-state index contributed by atoms with van der Waals surface area (Å²) in [5, 5.41) is 4.63. The molecule has 0 unspecified atom stereocenters. The Morgan fingerprint density at radius 1 is 1.24 bits per heavy atom. The number of halogens is 2. The first-order chi connectivity index (χ1) is 12.0. The normalized spacial score (nSPS) is 10.5. The Bertz CT molecular complexity index is 807. The van der Waals surface area contributed by atoms with Crippen molar-refractivity contribution in [2.24, 2.45) is 5.10 Å². The average Bonchev–Trinajstić information content (AvgIpc) is 2.60. The Morgan fingerprint density at radius 2 is 2.04 bits per heavy atom. The maximum Gasteiger partial charge on any atom is 0.272 e. The van der Waals surface area contributed by atoms with Crippen molar-refractivity contribution in [1.29, 1.82) is 0 Å². The van der Waals surface area contributed by atoms with Gasteiger partial charge in [0.05, 0.1) is 23.9 Å². The number of carbonyl (C=O) groups excluding carboxylic acids is 1. The van der Waals surface area contributed by atoms with Crippen LogP contribution in [0.3, 0.4) is 0 Å². The number of hydrogen-bond donors (Lipinski definition) is 1. The van der Waals surface area contributed by atoms with E-state index in [1.165, 1.54) is 18.3 Å². The number of amides is 1. The fraction of sp³-hybridized carbons (Fsp3) is 0.111. The van der Waals surface area contributed by atoms with Crippen LogP contribution in [-0.4, -0.2) is 25.8 Å². The summed E-state index contributed by atoms with van der Waals surface area (Å²) in [4.78, 5) is 12.1. The smallest absolute Gasteiger partial charge is 0.272 e. The maximum absolute atomic E-state index is 12.1. The highest BCUT2D eigenvalue weighted by Crippen LogP contribution is 2.27. The van der Waals surface area contributed by atoms with Gasteiger partial charge in [-0.2, -0.15) is 5.10 Å². The van der Waals surface area contributed by atoms with E-state index in [1.807, 2.05) is 0 Å². The number of hydrazone groups is 1. The van der Waals surface area contributed by atoms with Crippen LogP contribution in [0.25, 0.3) is 0 Å². The van der Waals surface area contributed by atoms with Crippen LogP contribution in [0.4, 0.5) is 0 Å². The summed E-state index contributed by atoms with van der Waals surface area (Å²) >= 11 is 11.8. The highest BCUT2D eigenvalue weighted by atomic mass is 35.5. The molecule has 0 saturated heterocycles. The van der Waals surface area contributed by atoms with Gasteiger partial charge in [0.2, 0.25) is 0 Å². The van der Waals surface area contributed by atoms with Crippen molar-refractivity contribution >= 4 is 35.3 Å². The maximum atomic E-state index is 12.1. The van der Waals surface area contributed by atoms with Gasteiger partial charge >= 0.3 is 0 Å². The summed E-state index contributed by atoms with van der Waals surface area (Å²) in [5.41, 5.74) is 3.42. The van der Waals surface area contributed by atoms with Gasteiger partial charge < -0.3 is 9.47 Å². The largest absolute Gasteiger partial charge is 0.493 e. The van der Waals surface area contributed by atoms with E-state index in [2.05, 4.69) is 17.1 Å². The zero-order chi connectivity index (χ0) is 18.2. The van der Waals surface area contributed by atoms with Gasteiger partial charge in [0, 0.05) is 5.02 Å². The van der Waals surface area contributed by atoms with Crippen LogP contribution in [-0.2, 0) is 0 Å². The number of carbonyl (C=O) groups is 1. The first-order valence-electron chi connectivity index (χ1n) is 7.25. The molecule has 1 amide bonds. The van der Waals surface area contributed by atoms with E-state index in [9.17, 15) is 4.79 Å². The highest BCUT2D eigenvalue weighted by molar-refractivity contribution is 6.36. The fourth-order valence-electron chi connectivity index (χ4n) is 1.93. The molecule has 0 heterocycles. The third-order valence-corrected chi connectivity index (χ3v) is 3.65. The molecule has 1 N–H and O–H groups in total. The molecule has 7 heteroatoms. The summed E-state index contributed by atoms with van der Waals surface area (Å²) in [7, 11) is 1.54. The van der Waals surface area contributed by atoms with E-state index in [0.29, 0.717) is 23.1 Å². The molecular formula is C18H16Cl2N2O3. The first kappa shape index (κ1) is 18.8. The van der Waals surface area contributed by atoms with E-state index in [4.69, 9.17) is 32.7 Å². The van der Waals surface area contributed by atoms with Gasteiger partial charge in [-0.1, -0.05) is 35.9 Å². The van der Waals surface area contributed by atoms with Crippen molar-refractivity contribution in [3.63, 3.8) is 0 Å². The molecule has 0 bridgehead atoms. The van der Waals surface area contributed by atoms with Crippen LogP contribution in [0, 0.1) is 0 Å². The van der Waals surface area contributed by atoms with Gasteiger partial charge in [0.25, 0.3) is 5.91 Å². The van der Waals surface area contributed by atoms with Crippen molar-refractivity contribution in [1.82, 2.24) is 5.43 Å². The number of benzene rings is 2. The number of methoxy groups -OCH3 is 1. The molecule has 2 rings (SSSR count). The number of nitrogens with one attached hydrogen (secondary N) is 1. The summed E-state index contributed by atoms with van der Waals surface area (Å²) in [6.07, 6.45) is 3.13. The molecule has 2 aromatic rings. The Hall–Kier alpha value is -2.50. The van der Waals surface area contributed by atoms with Gasteiger partial charge in [0.1, 0.15) is 6.61 Å². The van der Waals surface area contributed by atoms with Crippen molar-refractivity contribution in [2.75, 3.05) is 13.7 Å². The highest BCUT2D eigenvalue weighted by Gasteiger charge is 2.09. The molecule has 0 aliphatic carbocycles. The standard InChI is InChI=1S/C18H16Cl2N2O3/c1-3-8-25-16-7-4-12(9-17(16)24-2)11-21-22-18(23)14-6-5-13(19)10-15(14)20/h3-7,9-11H,1,8H2,2H3,(H,22,23)/b21-11+. The summed E-state index contributed by atoms with van der Waals surface area (Å²) in [6, 6.07) is 9.88. The molecule has 0 radical (unpaired) electrons. The van der Waals surface area contributed by atoms with Gasteiger partial charge in [-0.05, 0) is 42.0 Å². The number of nitrogens with zero attached hydrogens (tertiary/aromatic N) is 1. The van der Waals surface area contributed by atoms with Gasteiger partial charge in [0.15, 0.2) is 11.5 Å². The lowest BCUT2D eigenvalue weighted by molar-refractivity contribution is 0.0955. The van der Waals surface area contributed by atoms with Crippen molar-refractivity contribution in [3.05, 3.63) is 70.2 Å². The fourth-order valence-corrected chi connectivity index (χ4v) is 2.43. The van der Waals surface area contributed by atoms with Crippen molar-refractivity contribution in [3.8, 4) is 11.5 Å². The molecule has 5 nitrogen and oxygen atoms in total. The molecular weight excluding hydrogens is 363 g/mol. The third-order valence-electron chi connectivity index (χ3n) is 3.10. The number of rotatable bonds is 7. The Labute approximate surface area is 155 Å². The Morgan fingerprint density at radius 3 is 2.72 bits per heavy atom. The lowest BCUT2D eigenvalue weighted by atomic mass is 10.2. The quantitative estimate of drug-likeness (QED) is 0.443. The molecule has 0 atom stereocenters. The summed E-state index contributed by atoms with van der Waals surface area (Å²) in [5.74, 6) is 0.713. The zero-order valence-electron chi connectivity index (χ0n) is 13.5. The predicted molar refractivity (Wildman–Crippen MR) is 100 cm³/mol. The Balaban J connectivity index is 2.06. The van der Waals surface area contributed by atoms with E-state index < -0.39 is 5.91 Å². The number of ether oxygens (including phenoxy) is 2. The molecule has 0 aliphatic heterocycles. The van der Waals surface area contributed by atoms with Gasteiger partial charge in [-0.3, -0.25) is 4.79 Å². The molecule has 0 aromatic heterocycles. The van der Waals surface area contributed by atoms with Crippen LogP contribution in [0.1, 0.15) is 15.9 Å². The summed E-state index contributed by atoms with van der Waals surface area (Å²) < 4.78 is 10.7. The second-order valence-electron chi connectivity index (χ2n) is 4.83. The lowest BCUT2D eigenvalue weighted by Gasteiger charge is -2.09. The second-order valence-corrected chi connectivity index (χ2v) is 5.68. The van der Waals surface area contributed by atoms with Crippen LogP contribution >= 0.6 is 23.2 Å². The molecule has 130 valence electrons. The van der Waals surface area contributed by atoms with Crippen LogP contribution < -0.4 is 14.9 Å². The Kier molecular flexibility index (Phi) is 6.86. The minimum atomic E-state index is -0.434. The van der Waals surface area contributed by atoms with Crippen LogP contribution in [0.5, 0.6) is 11.5 Å². The first-order valence-corrected chi connectivity index (χ1v) is 8.01. The summed E-state index contributed by atoms with van der Waals surface area (Å²) in [6.45, 7) is 3.97. The number of hydrogen-bond acceptors (Lipinski definition) is 4. The van der Waals surface area contributed by atoms with Crippen LogP contribution in [0.2, 0.25) is 10.0 Å². The van der Waals surface area contributed by atoms with Crippen LogP contribution in [0.15, 0.2) is 54.2 Å². The third kappa shape index (κ3) is 5.24. The van der Waals surface area contributed by atoms with Gasteiger partial charge in [-0.25, -0.2) is 5.43 Å². The van der Waals surface area contributed by atoms with Crippen molar-refractivity contribution in [2.45, 2.75) is 0 Å². The zero-order valence-corrected chi connectivity index (χ0v) is 15.0. The molecule has 0 saturated carbocycles. The average molecular weight is 379 g/mol. The molecule has 0 spiro atoms. The van der Waals surface area contributed by atoms with E-state index in [1.54, 1.807) is 37.5 Å². The van der Waals surface area contributed by atoms with E-state index >= 15 is 0 Å². The molecule has 2 aromatic carbocycles. The monoisotopic (exact) mass is 378 g/mol. The lowest BCUT2D eigenvalue weighted by Crippen LogP contribution is -2.18. The van der Waals surface area contributed by atoms with E-state index in [0.717, 1.165) is 5.56 Å². The second kappa shape index (κ2) is 9.11. The minimum absolute atomic E-state index is 0.255. The SMILES string of the molecule is C=CCOc1ccc(/C=N/NC(=O)c2ccc(Cl)cc2Cl)cc1OC. The minimum Gasteiger partial charge on any atom is -0.493 e. The van der Waals surface area contributed by atoms with Crippen molar-refractivity contribution < 1.29 is 14.3 Å². The molecule has 0 fully saturated rings.